The maximum atomic E-state index is 8.74. The molecule has 0 unspecified atom stereocenters. The van der Waals surface area contributed by atoms with Crippen molar-refractivity contribution in [3.63, 3.8) is 0 Å². The maximum absolute atomic E-state index is 8.74. The number of rotatable bonds is 2. The Morgan fingerprint density at radius 1 is 1.60 bits per heavy atom. The number of hydrogen-bond donors (Lipinski definition) is 2. The van der Waals surface area contributed by atoms with Crippen LogP contribution in [0.1, 0.15) is 31.2 Å². The van der Waals surface area contributed by atoms with Gasteiger partial charge in [-0.15, -0.1) is 5.10 Å². The number of aromatic amines is 1. The van der Waals surface area contributed by atoms with Crippen molar-refractivity contribution in [3.8, 4) is 0 Å². The van der Waals surface area contributed by atoms with Crippen molar-refractivity contribution in [1.82, 2.24) is 15.4 Å². The molecule has 0 aliphatic heterocycles. The molecule has 2 N–H and O–H groups in total. The van der Waals surface area contributed by atoms with Crippen LogP contribution in [0.2, 0.25) is 0 Å². The van der Waals surface area contributed by atoms with E-state index in [0.29, 0.717) is 5.92 Å². The lowest BCUT2D eigenvalue weighted by Crippen LogP contribution is -1.94. The van der Waals surface area contributed by atoms with Crippen molar-refractivity contribution in [1.29, 1.82) is 0 Å². The predicted molar refractivity (Wildman–Crippen MR) is 36.4 cm³/mol. The number of nitrogens with one attached hydrogen (secondary N) is 1. The largest absolute Gasteiger partial charge is 0.390 e. The van der Waals surface area contributed by atoms with Crippen molar-refractivity contribution in [3.05, 3.63) is 11.4 Å². The van der Waals surface area contributed by atoms with Gasteiger partial charge in [-0.3, -0.25) is 5.10 Å². The smallest absolute Gasteiger partial charge is 0.0905 e. The van der Waals surface area contributed by atoms with Gasteiger partial charge in [-0.2, -0.15) is 0 Å². The van der Waals surface area contributed by atoms with Gasteiger partial charge in [-0.05, 0) is 5.92 Å². The highest BCUT2D eigenvalue weighted by Crippen LogP contribution is 2.13. The molecule has 0 spiro atoms. The molecule has 0 aliphatic rings. The van der Waals surface area contributed by atoms with Crippen LogP contribution in [0.15, 0.2) is 0 Å². The molecule has 4 heteroatoms. The highest BCUT2D eigenvalue weighted by atomic mass is 16.3. The standard InChI is InChI=1S/C6H11N3O/c1-4(2)6-5(3-10)7-9-8-6/h4,10H,3H2,1-2H3,(H,7,8,9). The van der Waals surface area contributed by atoms with Gasteiger partial charge < -0.3 is 5.11 Å². The highest BCUT2D eigenvalue weighted by Gasteiger charge is 2.08. The second-order valence-electron chi connectivity index (χ2n) is 2.49. The van der Waals surface area contributed by atoms with E-state index in [1.807, 2.05) is 13.8 Å². The summed E-state index contributed by atoms with van der Waals surface area (Å²) in [5, 5.41) is 18.8. The number of aromatic nitrogens is 3. The van der Waals surface area contributed by atoms with E-state index in [4.69, 9.17) is 5.11 Å². The van der Waals surface area contributed by atoms with Crippen LogP contribution in [0, 0.1) is 0 Å². The fourth-order valence-electron chi connectivity index (χ4n) is 0.837. The Balaban J connectivity index is 2.90. The molecular weight excluding hydrogens is 130 g/mol. The summed E-state index contributed by atoms with van der Waals surface area (Å²) in [6, 6.07) is 0. The minimum absolute atomic E-state index is 0.0134. The van der Waals surface area contributed by atoms with Crippen molar-refractivity contribution < 1.29 is 5.11 Å². The van der Waals surface area contributed by atoms with Crippen LogP contribution in [0.5, 0.6) is 0 Å². The number of aliphatic hydroxyl groups is 1. The third-order valence-electron chi connectivity index (χ3n) is 1.36. The van der Waals surface area contributed by atoms with Crippen molar-refractivity contribution >= 4 is 0 Å². The predicted octanol–water partition coefficient (Wildman–Crippen LogP) is 0.420. The summed E-state index contributed by atoms with van der Waals surface area (Å²) in [6.07, 6.45) is 0. The van der Waals surface area contributed by atoms with E-state index in [2.05, 4.69) is 15.4 Å². The maximum Gasteiger partial charge on any atom is 0.0905 e. The summed E-state index contributed by atoms with van der Waals surface area (Å²) >= 11 is 0. The topological polar surface area (TPSA) is 61.8 Å². The summed E-state index contributed by atoms with van der Waals surface area (Å²) in [4.78, 5) is 0. The molecule has 1 heterocycles. The van der Waals surface area contributed by atoms with Crippen LogP contribution < -0.4 is 0 Å². The van der Waals surface area contributed by atoms with E-state index in [1.54, 1.807) is 0 Å². The van der Waals surface area contributed by atoms with Gasteiger partial charge in [-0.1, -0.05) is 19.1 Å². The molecule has 0 saturated heterocycles. The molecule has 4 nitrogen and oxygen atoms in total. The van der Waals surface area contributed by atoms with E-state index in [-0.39, 0.29) is 6.61 Å². The highest BCUT2D eigenvalue weighted by molar-refractivity contribution is 5.10. The van der Waals surface area contributed by atoms with Crippen LogP contribution in [0.3, 0.4) is 0 Å². The minimum Gasteiger partial charge on any atom is -0.390 e. The summed E-state index contributed by atoms with van der Waals surface area (Å²) in [6.45, 7) is 4.01. The Hall–Kier alpha value is -0.900. The minimum atomic E-state index is -0.0134. The molecule has 10 heavy (non-hydrogen) atoms. The number of nitrogens with zero attached hydrogens (tertiary/aromatic N) is 2. The lowest BCUT2D eigenvalue weighted by atomic mass is 10.1. The van der Waals surface area contributed by atoms with Gasteiger partial charge in [0.25, 0.3) is 0 Å². The van der Waals surface area contributed by atoms with Gasteiger partial charge >= 0.3 is 0 Å². The van der Waals surface area contributed by atoms with Crippen LogP contribution in [-0.2, 0) is 6.61 Å². The van der Waals surface area contributed by atoms with Gasteiger partial charge in [0, 0.05) is 0 Å². The third kappa shape index (κ3) is 1.16. The first-order valence-corrected chi connectivity index (χ1v) is 3.26. The number of aliphatic hydroxyl groups excluding tert-OH is 1. The van der Waals surface area contributed by atoms with E-state index in [1.165, 1.54) is 0 Å². The second kappa shape index (κ2) is 2.79. The van der Waals surface area contributed by atoms with E-state index in [0.717, 1.165) is 11.4 Å². The fraction of sp³-hybridized carbons (Fsp3) is 0.667. The van der Waals surface area contributed by atoms with E-state index in [9.17, 15) is 0 Å². The fourth-order valence-corrected chi connectivity index (χ4v) is 0.837. The number of hydrogen-bond acceptors (Lipinski definition) is 3. The quantitative estimate of drug-likeness (QED) is 0.627. The Morgan fingerprint density at radius 3 is 2.70 bits per heavy atom. The van der Waals surface area contributed by atoms with Crippen LogP contribution >= 0.6 is 0 Å². The van der Waals surface area contributed by atoms with Gasteiger partial charge in [0.1, 0.15) is 0 Å². The van der Waals surface area contributed by atoms with Gasteiger partial charge in [-0.25, -0.2) is 0 Å². The van der Waals surface area contributed by atoms with Gasteiger partial charge in [0.15, 0.2) is 0 Å². The molecule has 0 aliphatic carbocycles. The zero-order valence-electron chi connectivity index (χ0n) is 6.13. The normalized spacial score (nSPS) is 10.8. The molecule has 0 saturated carbocycles. The van der Waals surface area contributed by atoms with Crippen LogP contribution in [0.25, 0.3) is 0 Å². The molecule has 56 valence electrons. The molecule has 1 aromatic rings. The molecule has 0 fully saturated rings. The summed E-state index contributed by atoms with van der Waals surface area (Å²) in [5.41, 5.74) is 1.57. The van der Waals surface area contributed by atoms with Gasteiger partial charge in [0.2, 0.25) is 0 Å². The number of H-pyrrole nitrogens is 1. The Morgan fingerprint density at radius 2 is 2.30 bits per heavy atom. The van der Waals surface area contributed by atoms with Crippen molar-refractivity contribution in [2.45, 2.75) is 26.4 Å². The van der Waals surface area contributed by atoms with Crippen molar-refractivity contribution in [2.75, 3.05) is 0 Å². The lowest BCUT2D eigenvalue weighted by Gasteiger charge is -1.99. The summed E-state index contributed by atoms with van der Waals surface area (Å²) in [7, 11) is 0. The zero-order chi connectivity index (χ0) is 7.56. The monoisotopic (exact) mass is 141 g/mol. The zero-order valence-corrected chi connectivity index (χ0v) is 6.13. The average molecular weight is 141 g/mol. The Labute approximate surface area is 59.3 Å². The van der Waals surface area contributed by atoms with Gasteiger partial charge in [0.05, 0.1) is 18.0 Å². The molecule has 0 atom stereocenters. The Bertz CT molecular complexity index is 207. The summed E-state index contributed by atoms with van der Waals surface area (Å²) < 4.78 is 0. The van der Waals surface area contributed by atoms with Crippen molar-refractivity contribution in [2.24, 2.45) is 0 Å². The first kappa shape index (κ1) is 7.21. The molecule has 1 rings (SSSR count). The third-order valence-corrected chi connectivity index (χ3v) is 1.36. The molecule has 1 aromatic heterocycles. The summed E-state index contributed by atoms with van der Waals surface area (Å²) in [5.74, 6) is 0.320. The van der Waals surface area contributed by atoms with Crippen LogP contribution in [0.4, 0.5) is 0 Å². The molecule has 0 amide bonds. The van der Waals surface area contributed by atoms with Crippen LogP contribution in [-0.4, -0.2) is 20.5 Å². The molecular formula is C6H11N3O. The first-order valence-electron chi connectivity index (χ1n) is 3.26. The van der Waals surface area contributed by atoms with E-state index < -0.39 is 0 Å². The first-order chi connectivity index (χ1) is 4.75. The molecule has 0 radical (unpaired) electrons. The second-order valence-corrected chi connectivity index (χ2v) is 2.49. The average Bonchev–Trinajstić information content (AvgIpc) is 2.33. The SMILES string of the molecule is CC(C)c1nn[nH]c1CO. The molecule has 0 bridgehead atoms. The Kier molecular flexibility index (Phi) is 2.01. The molecule has 0 aromatic carbocycles. The lowest BCUT2D eigenvalue weighted by molar-refractivity contribution is 0.275. The van der Waals surface area contributed by atoms with E-state index >= 15 is 0 Å².